The van der Waals surface area contributed by atoms with Crippen molar-refractivity contribution in [3.8, 4) is 17.2 Å². The van der Waals surface area contributed by atoms with E-state index < -0.39 is 12.0 Å². The number of ether oxygens (including phenoxy) is 2. The van der Waals surface area contributed by atoms with E-state index in [1.165, 1.54) is 19.3 Å². The van der Waals surface area contributed by atoms with Crippen LogP contribution in [-0.2, 0) is 10.2 Å². The number of nitrogens with one attached hydrogen (secondary N) is 3. The van der Waals surface area contributed by atoms with Gasteiger partial charge in [0.1, 0.15) is 23.0 Å². The van der Waals surface area contributed by atoms with E-state index in [9.17, 15) is 14.4 Å². The van der Waals surface area contributed by atoms with Crippen molar-refractivity contribution in [1.29, 1.82) is 0 Å². The third-order valence-electron chi connectivity index (χ3n) is 5.94. The Morgan fingerprint density at radius 1 is 0.976 bits per heavy atom. The zero-order valence-electron chi connectivity index (χ0n) is 23.8. The minimum atomic E-state index is -0.557. The van der Waals surface area contributed by atoms with Crippen molar-refractivity contribution in [2.24, 2.45) is 0 Å². The number of hydrogen-bond acceptors (Lipinski definition) is 7. The Morgan fingerprint density at radius 3 is 2.43 bits per heavy atom. The Bertz CT molecular complexity index is 1630. The van der Waals surface area contributed by atoms with E-state index in [0.717, 1.165) is 5.69 Å². The molecule has 0 aliphatic rings. The molecule has 0 saturated heterocycles. The third kappa shape index (κ3) is 7.24. The van der Waals surface area contributed by atoms with E-state index in [-0.39, 0.29) is 28.6 Å². The molecule has 12 heteroatoms. The predicted octanol–water partition coefficient (Wildman–Crippen LogP) is 6.19. The first-order chi connectivity index (χ1) is 20.0. The van der Waals surface area contributed by atoms with Gasteiger partial charge in [0.25, 0.3) is 5.91 Å². The van der Waals surface area contributed by atoms with Crippen LogP contribution in [0.1, 0.15) is 54.2 Å². The van der Waals surface area contributed by atoms with E-state index in [4.69, 9.17) is 26.2 Å². The van der Waals surface area contributed by atoms with Crippen LogP contribution < -0.4 is 20.7 Å². The number of nitrogens with zero attached hydrogens (tertiary/aromatic N) is 3. The number of pyridine rings is 1. The smallest absolute Gasteiger partial charge is 0.338 e. The Kier molecular flexibility index (Phi) is 9.12. The summed E-state index contributed by atoms with van der Waals surface area (Å²) in [5.74, 6) is 0.390. The maximum absolute atomic E-state index is 13.1. The molecule has 0 fully saturated rings. The van der Waals surface area contributed by atoms with Gasteiger partial charge in [0.05, 0.1) is 34.3 Å². The van der Waals surface area contributed by atoms with Gasteiger partial charge in [-0.3, -0.25) is 15.1 Å². The van der Waals surface area contributed by atoms with Crippen LogP contribution in [-0.4, -0.2) is 46.3 Å². The largest absolute Gasteiger partial charge is 0.462 e. The fourth-order valence-electron chi connectivity index (χ4n) is 3.81. The molecular formula is C30H31ClN6O5. The van der Waals surface area contributed by atoms with E-state index in [1.807, 2.05) is 20.8 Å². The number of benzene rings is 2. The van der Waals surface area contributed by atoms with Gasteiger partial charge in [0, 0.05) is 36.9 Å². The lowest BCUT2D eigenvalue weighted by molar-refractivity contribution is 0.0526. The van der Waals surface area contributed by atoms with Gasteiger partial charge < -0.3 is 20.1 Å². The van der Waals surface area contributed by atoms with Gasteiger partial charge >= 0.3 is 12.0 Å². The fraction of sp³-hybridized carbons (Fsp3) is 0.233. The first-order valence-corrected chi connectivity index (χ1v) is 13.5. The highest BCUT2D eigenvalue weighted by molar-refractivity contribution is 6.34. The van der Waals surface area contributed by atoms with Gasteiger partial charge in [0.15, 0.2) is 0 Å². The van der Waals surface area contributed by atoms with E-state index >= 15 is 0 Å². The topological polar surface area (TPSA) is 136 Å². The molecule has 0 unspecified atom stereocenters. The molecule has 4 aromatic rings. The lowest BCUT2D eigenvalue weighted by atomic mass is 9.92. The van der Waals surface area contributed by atoms with Gasteiger partial charge in [-0.1, -0.05) is 38.4 Å². The normalized spacial score (nSPS) is 11.0. The lowest BCUT2D eigenvalue weighted by Gasteiger charge is -2.14. The highest BCUT2D eigenvalue weighted by Gasteiger charge is 2.22. The lowest BCUT2D eigenvalue weighted by Crippen LogP contribution is -2.21. The SMILES string of the molecule is CCOC(=O)c1cccc(-n2nc(C(C)(C)C)cc2NC(=O)Nc2ccc(Oc3ccnc(C(=O)NC)c3)cc2Cl)c1. The molecule has 0 radical (unpaired) electrons. The fourth-order valence-corrected chi connectivity index (χ4v) is 4.02. The van der Waals surface area contributed by atoms with Crippen molar-refractivity contribution >= 4 is 41.0 Å². The monoisotopic (exact) mass is 590 g/mol. The summed E-state index contributed by atoms with van der Waals surface area (Å²) < 4.78 is 12.5. The molecular weight excluding hydrogens is 560 g/mol. The highest BCUT2D eigenvalue weighted by Crippen LogP contribution is 2.31. The van der Waals surface area contributed by atoms with Crippen molar-refractivity contribution in [3.63, 3.8) is 0 Å². The van der Waals surface area contributed by atoms with Crippen molar-refractivity contribution in [2.45, 2.75) is 33.1 Å². The Hall–Kier alpha value is -4.90. The molecule has 0 aliphatic carbocycles. The third-order valence-corrected chi connectivity index (χ3v) is 6.25. The zero-order chi connectivity index (χ0) is 30.4. The first-order valence-electron chi connectivity index (χ1n) is 13.1. The van der Waals surface area contributed by atoms with Crippen molar-refractivity contribution in [2.75, 3.05) is 24.3 Å². The van der Waals surface area contributed by atoms with Gasteiger partial charge in [-0.2, -0.15) is 5.10 Å². The van der Waals surface area contributed by atoms with Crippen molar-refractivity contribution < 1.29 is 23.9 Å². The van der Waals surface area contributed by atoms with E-state index in [1.54, 1.807) is 66.2 Å². The molecule has 0 aliphatic heterocycles. The van der Waals surface area contributed by atoms with Gasteiger partial charge in [-0.25, -0.2) is 14.3 Å². The number of amides is 3. The van der Waals surface area contributed by atoms with Crippen LogP contribution in [0.3, 0.4) is 0 Å². The minimum absolute atomic E-state index is 0.206. The molecule has 0 spiro atoms. The molecule has 3 amide bonds. The average Bonchev–Trinajstić information content (AvgIpc) is 3.39. The molecule has 2 heterocycles. The first kappa shape index (κ1) is 30.1. The summed E-state index contributed by atoms with van der Waals surface area (Å²) in [7, 11) is 1.51. The summed E-state index contributed by atoms with van der Waals surface area (Å²) in [6.07, 6.45) is 1.46. The van der Waals surface area contributed by atoms with Crippen LogP contribution in [0.2, 0.25) is 5.02 Å². The number of hydrogen-bond donors (Lipinski definition) is 3. The van der Waals surface area contributed by atoms with Crippen LogP contribution in [0.15, 0.2) is 66.9 Å². The molecule has 2 aromatic heterocycles. The molecule has 0 atom stereocenters. The van der Waals surface area contributed by atoms with Crippen LogP contribution in [0.25, 0.3) is 5.69 Å². The average molecular weight is 591 g/mol. The minimum Gasteiger partial charge on any atom is -0.462 e. The summed E-state index contributed by atoms with van der Waals surface area (Å²) in [5.41, 5.74) is 1.90. The molecule has 4 rings (SSSR count). The molecule has 11 nitrogen and oxygen atoms in total. The van der Waals surface area contributed by atoms with Gasteiger partial charge in [-0.05, 0) is 43.3 Å². The Balaban J connectivity index is 1.53. The molecule has 2 aromatic carbocycles. The summed E-state index contributed by atoms with van der Waals surface area (Å²) in [5, 5.41) is 13.0. The number of anilines is 2. The van der Waals surface area contributed by atoms with Crippen LogP contribution in [0.5, 0.6) is 11.5 Å². The summed E-state index contributed by atoms with van der Waals surface area (Å²) in [6.45, 7) is 8.02. The molecule has 42 heavy (non-hydrogen) atoms. The Morgan fingerprint density at radius 2 is 1.74 bits per heavy atom. The highest BCUT2D eigenvalue weighted by atomic mass is 35.5. The summed E-state index contributed by atoms with van der Waals surface area (Å²) in [4.78, 5) is 41.2. The number of carbonyl (C=O) groups excluding carboxylic acids is 3. The van der Waals surface area contributed by atoms with Crippen molar-refractivity contribution in [1.82, 2.24) is 20.1 Å². The maximum atomic E-state index is 13.1. The second kappa shape index (κ2) is 12.7. The zero-order valence-corrected chi connectivity index (χ0v) is 24.6. The molecule has 218 valence electrons. The number of esters is 1. The Labute approximate surface area is 248 Å². The number of halogens is 1. The predicted molar refractivity (Wildman–Crippen MR) is 160 cm³/mol. The van der Waals surface area contributed by atoms with Crippen molar-refractivity contribution in [3.05, 3.63) is 88.8 Å². The van der Waals surface area contributed by atoms with Gasteiger partial charge in [0.2, 0.25) is 0 Å². The van der Waals surface area contributed by atoms with Gasteiger partial charge in [-0.15, -0.1) is 0 Å². The maximum Gasteiger partial charge on any atom is 0.338 e. The van der Waals surface area contributed by atoms with E-state index in [0.29, 0.717) is 34.3 Å². The summed E-state index contributed by atoms with van der Waals surface area (Å²) >= 11 is 6.45. The number of rotatable bonds is 8. The molecule has 0 saturated carbocycles. The number of urea groups is 1. The summed E-state index contributed by atoms with van der Waals surface area (Å²) in [6, 6.07) is 15.9. The van der Waals surface area contributed by atoms with Crippen LogP contribution >= 0.6 is 11.6 Å². The van der Waals surface area contributed by atoms with Crippen LogP contribution in [0, 0.1) is 0 Å². The van der Waals surface area contributed by atoms with Crippen LogP contribution in [0.4, 0.5) is 16.3 Å². The standard InChI is InChI=1S/C30H31ClN6O5/c1-6-41-28(39)18-8-7-9-19(14-18)37-26(17-25(36-37)30(2,3)4)35-29(40)34-23-11-10-20(15-22(23)31)42-21-12-13-33-24(16-21)27(38)32-5/h7-17H,6H2,1-5H3,(H,32,38)(H2,34,35,40). The second-order valence-electron chi connectivity index (χ2n) is 10.1. The molecule has 3 N–H and O–H groups in total. The number of carbonyl (C=O) groups is 3. The molecule has 0 bridgehead atoms. The second-order valence-corrected chi connectivity index (χ2v) is 10.5. The quantitative estimate of drug-likeness (QED) is 0.208. The number of aromatic nitrogens is 3. The van der Waals surface area contributed by atoms with E-state index in [2.05, 4.69) is 20.9 Å².